The number of aliphatic hydroxyl groups excluding tert-OH is 1. The minimum absolute atomic E-state index is 0.0878. The third kappa shape index (κ3) is 6.50. The Kier molecular flexibility index (Phi) is 8.88. The van der Waals surface area contributed by atoms with Crippen molar-refractivity contribution in [2.24, 2.45) is 0 Å². The van der Waals surface area contributed by atoms with Crippen LogP contribution in [0.3, 0.4) is 0 Å². The molecule has 0 radical (unpaired) electrons. The fourth-order valence-electron chi connectivity index (χ4n) is 2.72. The summed E-state index contributed by atoms with van der Waals surface area (Å²) in [6.45, 7) is 8.97. The average Bonchev–Trinajstić information content (AvgIpc) is 2.61. The maximum Gasteiger partial charge on any atom is 0.262 e. The van der Waals surface area contributed by atoms with E-state index in [0.717, 1.165) is 18.4 Å². The van der Waals surface area contributed by atoms with Crippen LogP contribution in [-0.4, -0.2) is 54.9 Å². The first-order valence-electron chi connectivity index (χ1n) is 9.25. The number of nitrogens with zero attached hydrogens (tertiary/aromatic N) is 1. The molecular weight excluding hydrogens is 332 g/mol. The van der Waals surface area contributed by atoms with Crippen molar-refractivity contribution in [1.29, 1.82) is 0 Å². The van der Waals surface area contributed by atoms with Gasteiger partial charge in [-0.05, 0) is 44.9 Å². The van der Waals surface area contributed by atoms with Gasteiger partial charge < -0.3 is 24.8 Å². The van der Waals surface area contributed by atoms with Crippen molar-refractivity contribution in [3.05, 3.63) is 23.8 Å². The van der Waals surface area contributed by atoms with E-state index in [4.69, 9.17) is 9.47 Å². The van der Waals surface area contributed by atoms with Gasteiger partial charge in [0.1, 0.15) is 0 Å². The van der Waals surface area contributed by atoms with Crippen LogP contribution in [0.1, 0.15) is 46.1 Å². The van der Waals surface area contributed by atoms with Crippen LogP contribution in [0.2, 0.25) is 0 Å². The van der Waals surface area contributed by atoms with Gasteiger partial charge in [-0.2, -0.15) is 0 Å². The third-order valence-electron chi connectivity index (χ3n) is 4.27. The Balaban J connectivity index is 2.89. The lowest BCUT2D eigenvalue weighted by Gasteiger charge is -2.28. The van der Waals surface area contributed by atoms with Crippen molar-refractivity contribution < 1.29 is 19.4 Å². The molecule has 148 valence electrons. The van der Waals surface area contributed by atoms with Crippen LogP contribution in [0.15, 0.2) is 18.2 Å². The topological polar surface area (TPSA) is 71.0 Å². The lowest BCUT2D eigenvalue weighted by molar-refractivity contribution is -0.135. The van der Waals surface area contributed by atoms with Gasteiger partial charge in [0.2, 0.25) is 0 Å². The number of nitrogens with one attached hydrogen (secondary N) is 1. The monoisotopic (exact) mass is 366 g/mol. The lowest BCUT2D eigenvalue weighted by Crippen LogP contribution is -2.45. The van der Waals surface area contributed by atoms with Gasteiger partial charge in [0, 0.05) is 26.2 Å². The Hall–Kier alpha value is -1.79. The molecule has 0 aliphatic carbocycles. The van der Waals surface area contributed by atoms with Crippen LogP contribution in [0.4, 0.5) is 0 Å². The summed E-state index contributed by atoms with van der Waals surface area (Å²) in [7, 11) is 3.41. The van der Waals surface area contributed by atoms with Crippen molar-refractivity contribution in [1.82, 2.24) is 10.2 Å². The van der Waals surface area contributed by atoms with Crippen molar-refractivity contribution in [2.45, 2.75) is 58.7 Å². The molecule has 0 aliphatic heterocycles. The number of hydrogen-bond donors (Lipinski definition) is 2. The van der Waals surface area contributed by atoms with Gasteiger partial charge in [0.25, 0.3) is 5.91 Å². The molecule has 2 atom stereocenters. The zero-order chi connectivity index (χ0) is 19.7. The second-order valence-corrected chi connectivity index (χ2v) is 7.03. The number of hydrogen-bond acceptors (Lipinski definition) is 5. The summed E-state index contributed by atoms with van der Waals surface area (Å²) >= 11 is 0. The van der Waals surface area contributed by atoms with Crippen molar-refractivity contribution in [3.63, 3.8) is 0 Å². The van der Waals surface area contributed by atoms with Crippen LogP contribution in [0.5, 0.6) is 11.5 Å². The highest BCUT2D eigenvalue weighted by atomic mass is 16.5. The molecule has 0 spiro atoms. The predicted octanol–water partition coefficient (Wildman–Crippen LogP) is 2.58. The van der Waals surface area contributed by atoms with Gasteiger partial charge in [-0.1, -0.05) is 19.4 Å². The summed E-state index contributed by atoms with van der Waals surface area (Å²) in [6, 6.07) is 5.70. The molecule has 0 fully saturated rings. The highest BCUT2D eigenvalue weighted by molar-refractivity contribution is 5.80. The maximum absolute atomic E-state index is 12.0. The minimum atomic E-state index is -0.588. The van der Waals surface area contributed by atoms with Gasteiger partial charge in [-0.25, -0.2) is 0 Å². The Morgan fingerprint density at radius 3 is 2.54 bits per heavy atom. The summed E-state index contributed by atoms with van der Waals surface area (Å²) in [5.41, 5.74) is 0.727. The quantitative estimate of drug-likeness (QED) is 0.630. The molecule has 1 rings (SSSR count). The molecule has 0 aromatic heterocycles. The summed E-state index contributed by atoms with van der Waals surface area (Å²) in [5, 5.41) is 13.0. The largest absolute Gasteiger partial charge is 0.490 e. The average molecular weight is 367 g/mol. The fourth-order valence-corrected chi connectivity index (χ4v) is 2.72. The van der Waals surface area contributed by atoms with Gasteiger partial charge >= 0.3 is 0 Å². The molecule has 1 aromatic carbocycles. The van der Waals surface area contributed by atoms with Crippen LogP contribution in [0.25, 0.3) is 0 Å². The minimum Gasteiger partial charge on any atom is -0.490 e. The third-order valence-corrected chi connectivity index (χ3v) is 4.27. The summed E-state index contributed by atoms with van der Waals surface area (Å²) in [6.07, 6.45) is 1.31. The number of aliphatic hydroxyl groups is 1. The van der Waals surface area contributed by atoms with Gasteiger partial charge in [-0.3, -0.25) is 4.79 Å². The second kappa shape index (κ2) is 10.4. The molecule has 6 heteroatoms. The fraction of sp³-hybridized carbons (Fsp3) is 0.650. The standard InChI is InChI=1S/C20H34N2O4/c1-7-11-20(4,14-23)21-13-16-9-10-17(18(12-16)25-8-2)26-15(3)19(24)22(5)6/h9-10,12,15,21,23H,7-8,11,13-14H2,1-6H3/t15-,20+/m1/s1. The molecule has 0 bridgehead atoms. The molecule has 1 amide bonds. The van der Waals surface area contributed by atoms with E-state index < -0.39 is 6.10 Å². The molecule has 0 heterocycles. The van der Waals surface area contributed by atoms with E-state index in [1.165, 1.54) is 4.90 Å². The van der Waals surface area contributed by atoms with Gasteiger partial charge in [-0.15, -0.1) is 0 Å². The number of ether oxygens (including phenoxy) is 2. The number of benzene rings is 1. The van der Waals surface area contributed by atoms with Gasteiger partial charge in [0.05, 0.1) is 13.2 Å². The molecule has 0 unspecified atom stereocenters. The summed E-state index contributed by atoms with van der Waals surface area (Å²) in [5.74, 6) is 1.07. The molecule has 0 aliphatic rings. The smallest absolute Gasteiger partial charge is 0.262 e. The Morgan fingerprint density at radius 1 is 1.31 bits per heavy atom. The zero-order valence-electron chi connectivity index (χ0n) is 17.0. The van der Waals surface area contributed by atoms with Gasteiger partial charge in [0.15, 0.2) is 17.6 Å². The molecule has 0 saturated carbocycles. The first-order valence-corrected chi connectivity index (χ1v) is 9.25. The summed E-state index contributed by atoms with van der Waals surface area (Å²) in [4.78, 5) is 13.5. The second-order valence-electron chi connectivity index (χ2n) is 7.03. The zero-order valence-corrected chi connectivity index (χ0v) is 17.0. The first-order chi connectivity index (χ1) is 12.3. The molecule has 6 nitrogen and oxygen atoms in total. The normalized spacial score (nSPS) is 14.4. The lowest BCUT2D eigenvalue weighted by atomic mass is 9.97. The van der Waals surface area contributed by atoms with E-state index in [9.17, 15) is 9.90 Å². The predicted molar refractivity (Wildman–Crippen MR) is 104 cm³/mol. The van der Waals surface area contributed by atoms with E-state index >= 15 is 0 Å². The Labute approximate surface area is 157 Å². The van der Waals surface area contributed by atoms with Crippen LogP contribution in [0, 0.1) is 0 Å². The molecule has 1 aromatic rings. The van der Waals surface area contributed by atoms with Crippen molar-refractivity contribution >= 4 is 5.91 Å². The van der Waals surface area contributed by atoms with Crippen LogP contribution < -0.4 is 14.8 Å². The summed E-state index contributed by atoms with van der Waals surface area (Å²) < 4.78 is 11.5. The highest BCUT2D eigenvalue weighted by Crippen LogP contribution is 2.30. The number of carbonyl (C=O) groups is 1. The van der Waals surface area contributed by atoms with E-state index in [0.29, 0.717) is 24.7 Å². The molecule has 0 saturated heterocycles. The highest BCUT2D eigenvalue weighted by Gasteiger charge is 2.22. The van der Waals surface area contributed by atoms with Crippen molar-refractivity contribution in [2.75, 3.05) is 27.3 Å². The molecule has 2 N–H and O–H groups in total. The number of likely N-dealkylation sites (N-methyl/N-ethyl adjacent to an activating group) is 1. The maximum atomic E-state index is 12.0. The van der Waals surface area contributed by atoms with Crippen molar-refractivity contribution in [3.8, 4) is 11.5 Å². The number of rotatable bonds is 11. The van der Waals surface area contributed by atoms with Crippen LogP contribution >= 0.6 is 0 Å². The van der Waals surface area contributed by atoms with E-state index in [-0.39, 0.29) is 18.1 Å². The number of amides is 1. The number of carbonyl (C=O) groups excluding carboxylic acids is 1. The SMILES string of the molecule is CCC[C@@](C)(CO)NCc1ccc(O[C@H](C)C(=O)N(C)C)c(OCC)c1. The van der Waals surface area contributed by atoms with E-state index in [2.05, 4.69) is 12.2 Å². The van der Waals surface area contributed by atoms with E-state index in [1.807, 2.05) is 32.0 Å². The van der Waals surface area contributed by atoms with Crippen LogP contribution in [-0.2, 0) is 11.3 Å². The first kappa shape index (κ1) is 22.3. The Morgan fingerprint density at radius 2 is 2.00 bits per heavy atom. The molecule has 26 heavy (non-hydrogen) atoms. The molecular formula is C20H34N2O4. The van der Waals surface area contributed by atoms with E-state index in [1.54, 1.807) is 21.0 Å². The Bertz CT molecular complexity index is 577.